The second-order valence-corrected chi connectivity index (χ2v) is 4.69. The molecule has 0 aromatic carbocycles. The molecule has 0 N–H and O–H groups in total. The highest BCUT2D eigenvalue weighted by atomic mass is 16.5. The fourth-order valence-electron chi connectivity index (χ4n) is 2.20. The van der Waals surface area contributed by atoms with Crippen molar-refractivity contribution in [3.05, 3.63) is 29.2 Å². The first-order valence-electron chi connectivity index (χ1n) is 6.13. The molecule has 1 saturated heterocycles. The van der Waals surface area contributed by atoms with E-state index in [0.29, 0.717) is 19.0 Å². The molecular formula is C12H16N4O2. The molecule has 6 nitrogen and oxygen atoms in total. The molecule has 1 aliphatic rings. The number of aryl methyl sites for hydroxylation is 2. The van der Waals surface area contributed by atoms with Crippen LogP contribution in [0.1, 0.15) is 35.4 Å². The molecule has 18 heavy (non-hydrogen) atoms. The van der Waals surface area contributed by atoms with E-state index in [1.807, 2.05) is 24.6 Å². The highest BCUT2D eigenvalue weighted by Gasteiger charge is 2.23. The van der Waals surface area contributed by atoms with Crippen molar-refractivity contribution in [2.45, 2.75) is 32.7 Å². The van der Waals surface area contributed by atoms with E-state index in [4.69, 9.17) is 9.26 Å². The number of hydrogen-bond acceptors (Lipinski definition) is 5. The van der Waals surface area contributed by atoms with Crippen LogP contribution in [0.15, 0.2) is 10.6 Å². The molecule has 1 unspecified atom stereocenters. The summed E-state index contributed by atoms with van der Waals surface area (Å²) in [7, 11) is 0. The van der Waals surface area contributed by atoms with Crippen LogP contribution in [0.5, 0.6) is 0 Å². The van der Waals surface area contributed by atoms with E-state index in [-0.39, 0.29) is 5.92 Å². The zero-order valence-corrected chi connectivity index (χ0v) is 10.6. The van der Waals surface area contributed by atoms with Gasteiger partial charge in [0.05, 0.1) is 12.3 Å². The average molecular weight is 248 g/mol. The Bertz CT molecular complexity index is 540. The highest BCUT2D eigenvalue weighted by molar-refractivity contribution is 5.07. The number of nitrogens with zero attached hydrogens (tertiary/aromatic N) is 4. The Balaban J connectivity index is 1.75. The van der Waals surface area contributed by atoms with Crippen molar-refractivity contribution in [2.24, 2.45) is 0 Å². The van der Waals surface area contributed by atoms with E-state index in [0.717, 1.165) is 30.2 Å². The number of ether oxygens (including phenoxy) is 1. The molecule has 3 rings (SSSR count). The van der Waals surface area contributed by atoms with Crippen molar-refractivity contribution in [1.82, 2.24) is 19.9 Å². The van der Waals surface area contributed by atoms with Crippen LogP contribution in [0.2, 0.25) is 0 Å². The summed E-state index contributed by atoms with van der Waals surface area (Å²) in [5.74, 6) is 1.63. The van der Waals surface area contributed by atoms with E-state index in [2.05, 4.69) is 15.2 Å². The summed E-state index contributed by atoms with van der Waals surface area (Å²) < 4.78 is 12.5. The molecule has 1 aliphatic heterocycles. The van der Waals surface area contributed by atoms with Crippen molar-refractivity contribution >= 4 is 0 Å². The number of rotatable bonds is 3. The van der Waals surface area contributed by atoms with Gasteiger partial charge in [0.25, 0.3) is 0 Å². The quantitative estimate of drug-likeness (QED) is 0.822. The summed E-state index contributed by atoms with van der Waals surface area (Å²) >= 11 is 0. The summed E-state index contributed by atoms with van der Waals surface area (Å²) in [6.45, 7) is 5.99. The lowest BCUT2D eigenvalue weighted by Gasteiger charge is -1.99. The highest BCUT2D eigenvalue weighted by Crippen LogP contribution is 2.22. The summed E-state index contributed by atoms with van der Waals surface area (Å²) in [6, 6.07) is 2.03. The zero-order valence-electron chi connectivity index (χ0n) is 10.6. The lowest BCUT2D eigenvalue weighted by molar-refractivity contribution is 0.192. The first-order valence-corrected chi connectivity index (χ1v) is 6.13. The second kappa shape index (κ2) is 4.53. The molecular weight excluding hydrogens is 232 g/mol. The molecule has 1 atom stereocenters. The van der Waals surface area contributed by atoms with Gasteiger partial charge in [-0.05, 0) is 26.3 Å². The van der Waals surface area contributed by atoms with Gasteiger partial charge in [-0.25, -0.2) is 0 Å². The smallest absolute Gasteiger partial charge is 0.248 e. The molecule has 3 heterocycles. The third-order valence-corrected chi connectivity index (χ3v) is 3.17. The maximum atomic E-state index is 5.32. The van der Waals surface area contributed by atoms with Gasteiger partial charge < -0.3 is 9.26 Å². The molecule has 96 valence electrons. The Kier molecular flexibility index (Phi) is 2.87. The van der Waals surface area contributed by atoms with Gasteiger partial charge in [-0.2, -0.15) is 10.1 Å². The molecule has 0 radical (unpaired) electrons. The van der Waals surface area contributed by atoms with Crippen molar-refractivity contribution in [2.75, 3.05) is 13.2 Å². The molecule has 0 aliphatic carbocycles. The fraction of sp³-hybridized carbons (Fsp3) is 0.583. The van der Waals surface area contributed by atoms with Gasteiger partial charge in [-0.3, -0.25) is 4.68 Å². The van der Waals surface area contributed by atoms with Crippen LogP contribution in [0.3, 0.4) is 0 Å². The van der Waals surface area contributed by atoms with Gasteiger partial charge in [-0.1, -0.05) is 5.16 Å². The predicted octanol–water partition coefficient (Wildman–Crippen LogP) is 1.44. The molecule has 0 saturated carbocycles. The largest absolute Gasteiger partial charge is 0.381 e. The van der Waals surface area contributed by atoms with E-state index in [1.165, 1.54) is 0 Å². The van der Waals surface area contributed by atoms with Crippen molar-refractivity contribution in [3.63, 3.8) is 0 Å². The Morgan fingerprint density at radius 1 is 1.44 bits per heavy atom. The Morgan fingerprint density at radius 2 is 2.33 bits per heavy atom. The van der Waals surface area contributed by atoms with E-state index in [9.17, 15) is 0 Å². The van der Waals surface area contributed by atoms with Gasteiger partial charge in [0.2, 0.25) is 5.89 Å². The monoisotopic (exact) mass is 248 g/mol. The fourth-order valence-corrected chi connectivity index (χ4v) is 2.20. The molecule has 0 spiro atoms. The maximum absolute atomic E-state index is 5.32. The molecule has 2 aromatic rings. The van der Waals surface area contributed by atoms with Crippen molar-refractivity contribution < 1.29 is 9.26 Å². The topological polar surface area (TPSA) is 66.0 Å². The summed E-state index contributed by atoms with van der Waals surface area (Å²) in [5.41, 5.74) is 2.09. The molecule has 0 amide bonds. The first-order chi connectivity index (χ1) is 8.72. The predicted molar refractivity (Wildman–Crippen MR) is 63.3 cm³/mol. The van der Waals surface area contributed by atoms with E-state index >= 15 is 0 Å². The van der Waals surface area contributed by atoms with Gasteiger partial charge in [0.1, 0.15) is 6.54 Å². The van der Waals surface area contributed by atoms with Crippen LogP contribution < -0.4 is 0 Å². The number of aromatic nitrogens is 4. The zero-order chi connectivity index (χ0) is 12.5. The molecule has 2 aromatic heterocycles. The standard InChI is InChI=1S/C12H16N4O2/c1-8-5-9(2)16(14-8)6-11-13-12(15-18-11)10-3-4-17-7-10/h5,10H,3-4,6-7H2,1-2H3. The van der Waals surface area contributed by atoms with Gasteiger partial charge in [0.15, 0.2) is 5.82 Å². The first kappa shape index (κ1) is 11.4. The van der Waals surface area contributed by atoms with Crippen LogP contribution in [-0.4, -0.2) is 33.1 Å². The molecule has 0 bridgehead atoms. The third-order valence-electron chi connectivity index (χ3n) is 3.17. The Morgan fingerprint density at radius 3 is 3.00 bits per heavy atom. The lowest BCUT2D eigenvalue weighted by atomic mass is 10.1. The minimum Gasteiger partial charge on any atom is -0.381 e. The second-order valence-electron chi connectivity index (χ2n) is 4.69. The van der Waals surface area contributed by atoms with Crippen LogP contribution in [0.25, 0.3) is 0 Å². The van der Waals surface area contributed by atoms with Crippen LogP contribution in [0.4, 0.5) is 0 Å². The molecule has 1 fully saturated rings. The van der Waals surface area contributed by atoms with E-state index in [1.54, 1.807) is 0 Å². The van der Waals surface area contributed by atoms with Crippen molar-refractivity contribution in [1.29, 1.82) is 0 Å². The maximum Gasteiger partial charge on any atom is 0.248 e. The normalized spacial score (nSPS) is 19.6. The third kappa shape index (κ3) is 2.15. The van der Waals surface area contributed by atoms with Gasteiger partial charge in [0, 0.05) is 18.2 Å². The van der Waals surface area contributed by atoms with Gasteiger partial charge in [-0.15, -0.1) is 0 Å². The van der Waals surface area contributed by atoms with Crippen LogP contribution in [0, 0.1) is 13.8 Å². The minimum atomic E-state index is 0.281. The summed E-state index contributed by atoms with van der Waals surface area (Å²) in [5, 5.41) is 8.40. The Hall–Kier alpha value is -1.69. The summed E-state index contributed by atoms with van der Waals surface area (Å²) in [4.78, 5) is 4.42. The van der Waals surface area contributed by atoms with E-state index < -0.39 is 0 Å². The lowest BCUT2D eigenvalue weighted by Crippen LogP contribution is -2.05. The number of hydrogen-bond donors (Lipinski definition) is 0. The minimum absolute atomic E-state index is 0.281. The average Bonchev–Trinajstić information content (AvgIpc) is 3.02. The van der Waals surface area contributed by atoms with Crippen LogP contribution in [-0.2, 0) is 11.3 Å². The SMILES string of the molecule is Cc1cc(C)n(Cc2nc(C3CCOC3)no2)n1. The van der Waals surface area contributed by atoms with Crippen molar-refractivity contribution in [3.8, 4) is 0 Å². The van der Waals surface area contributed by atoms with Gasteiger partial charge >= 0.3 is 0 Å². The molecule has 6 heteroatoms. The summed E-state index contributed by atoms with van der Waals surface area (Å²) in [6.07, 6.45) is 0.971. The Labute approximate surface area is 105 Å². The van der Waals surface area contributed by atoms with Crippen LogP contribution >= 0.6 is 0 Å².